The summed E-state index contributed by atoms with van der Waals surface area (Å²) in [5.74, 6) is 5.84. The molecule has 0 aromatic carbocycles. The molecule has 56 valence electrons. The van der Waals surface area contributed by atoms with Gasteiger partial charge < -0.3 is 0 Å². The smallest absolute Gasteiger partial charge is 0.0839 e. The summed E-state index contributed by atoms with van der Waals surface area (Å²) in [6.07, 6.45) is 3.21. The third kappa shape index (κ3) is 2.80. The summed E-state index contributed by atoms with van der Waals surface area (Å²) in [7, 11) is 0. The molecule has 0 saturated heterocycles. The molecule has 0 fully saturated rings. The number of hydrogen-bond acceptors (Lipinski definition) is 1. The lowest BCUT2D eigenvalue weighted by atomic mass is 10.3. The number of hydrogen-bond donors (Lipinski definition) is 0. The van der Waals surface area contributed by atoms with Crippen molar-refractivity contribution in [2.24, 2.45) is 0 Å². The van der Waals surface area contributed by atoms with Gasteiger partial charge in [0.25, 0.3) is 0 Å². The molecule has 11 heavy (non-hydrogen) atoms. The summed E-state index contributed by atoms with van der Waals surface area (Å²) in [6, 6.07) is 1.74. The molecular formula is C8H5Cl2N. The molecule has 3 heteroatoms. The van der Waals surface area contributed by atoms with Crippen LogP contribution in [0.1, 0.15) is 5.56 Å². The van der Waals surface area contributed by atoms with Crippen LogP contribution in [0.2, 0.25) is 5.02 Å². The topological polar surface area (TPSA) is 12.9 Å². The van der Waals surface area contributed by atoms with Gasteiger partial charge in [0.05, 0.1) is 10.9 Å². The molecule has 0 saturated carbocycles. The summed E-state index contributed by atoms with van der Waals surface area (Å²) in [5.41, 5.74) is 0.790. The van der Waals surface area contributed by atoms with Crippen LogP contribution in [-0.2, 0) is 0 Å². The van der Waals surface area contributed by atoms with Gasteiger partial charge in [-0.25, -0.2) is 0 Å². The van der Waals surface area contributed by atoms with Gasteiger partial charge in [0.15, 0.2) is 0 Å². The number of aromatic nitrogens is 1. The van der Waals surface area contributed by atoms with E-state index in [1.165, 1.54) is 0 Å². The Hall–Kier alpha value is -0.710. The van der Waals surface area contributed by atoms with Crippen molar-refractivity contribution in [2.45, 2.75) is 0 Å². The molecule has 0 aliphatic carbocycles. The molecular weight excluding hydrogens is 181 g/mol. The van der Waals surface area contributed by atoms with E-state index in [-0.39, 0.29) is 0 Å². The summed E-state index contributed by atoms with van der Waals surface area (Å²) < 4.78 is 0. The fraction of sp³-hybridized carbons (Fsp3) is 0.125. The van der Waals surface area contributed by atoms with Gasteiger partial charge in [-0.2, -0.15) is 0 Å². The van der Waals surface area contributed by atoms with Gasteiger partial charge in [0.1, 0.15) is 0 Å². The first-order chi connectivity index (χ1) is 5.33. The zero-order valence-electron chi connectivity index (χ0n) is 5.64. The summed E-state index contributed by atoms with van der Waals surface area (Å²) in [6.45, 7) is 0. The number of pyridine rings is 1. The van der Waals surface area contributed by atoms with Crippen LogP contribution in [-0.4, -0.2) is 10.9 Å². The molecule has 0 aliphatic rings. The van der Waals surface area contributed by atoms with E-state index in [1.807, 2.05) is 0 Å². The average molecular weight is 186 g/mol. The average Bonchev–Trinajstić information content (AvgIpc) is 2.01. The van der Waals surface area contributed by atoms with E-state index in [4.69, 9.17) is 23.2 Å². The van der Waals surface area contributed by atoms with Crippen molar-refractivity contribution >= 4 is 23.2 Å². The molecule has 0 atom stereocenters. The molecule has 1 aromatic rings. The highest BCUT2D eigenvalue weighted by molar-refractivity contribution is 6.30. The van der Waals surface area contributed by atoms with Crippen molar-refractivity contribution in [2.75, 3.05) is 5.88 Å². The van der Waals surface area contributed by atoms with E-state index in [0.717, 1.165) is 5.56 Å². The van der Waals surface area contributed by atoms with E-state index in [2.05, 4.69) is 16.8 Å². The van der Waals surface area contributed by atoms with Crippen LogP contribution in [0.4, 0.5) is 0 Å². The fourth-order valence-electron chi connectivity index (χ4n) is 0.616. The lowest BCUT2D eigenvalue weighted by Gasteiger charge is -1.88. The van der Waals surface area contributed by atoms with Crippen LogP contribution < -0.4 is 0 Å². The summed E-state index contributed by atoms with van der Waals surface area (Å²) in [5, 5.41) is 0.589. The van der Waals surface area contributed by atoms with Crippen LogP contribution in [0.25, 0.3) is 0 Å². The van der Waals surface area contributed by atoms with Crippen molar-refractivity contribution < 1.29 is 0 Å². The first-order valence-electron chi connectivity index (χ1n) is 2.98. The maximum absolute atomic E-state index is 5.66. The third-order valence-corrected chi connectivity index (χ3v) is 1.34. The van der Waals surface area contributed by atoms with E-state index < -0.39 is 0 Å². The maximum Gasteiger partial charge on any atom is 0.0839 e. The molecule has 0 unspecified atom stereocenters. The fourth-order valence-corrected chi connectivity index (χ4v) is 0.856. The number of alkyl halides is 1. The largest absolute Gasteiger partial charge is 0.262 e. The van der Waals surface area contributed by atoms with Crippen LogP contribution in [0.3, 0.4) is 0 Å². The molecule has 1 heterocycles. The highest BCUT2D eigenvalue weighted by atomic mass is 35.5. The van der Waals surface area contributed by atoms with Gasteiger partial charge in [-0.1, -0.05) is 23.4 Å². The molecule has 0 aliphatic heterocycles. The minimum absolute atomic E-state index is 0.326. The second kappa shape index (κ2) is 4.23. The van der Waals surface area contributed by atoms with Crippen LogP contribution in [0.15, 0.2) is 18.5 Å². The Morgan fingerprint density at radius 2 is 2.27 bits per heavy atom. The quantitative estimate of drug-likeness (QED) is 0.447. The van der Waals surface area contributed by atoms with Crippen molar-refractivity contribution in [3.8, 4) is 11.8 Å². The molecule has 0 spiro atoms. The molecule has 0 amide bonds. The number of rotatable bonds is 0. The van der Waals surface area contributed by atoms with E-state index in [1.54, 1.807) is 18.5 Å². The Morgan fingerprint density at radius 3 is 2.91 bits per heavy atom. The van der Waals surface area contributed by atoms with E-state index in [0.29, 0.717) is 10.9 Å². The normalized spacial score (nSPS) is 8.55. The molecule has 1 aromatic heterocycles. The van der Waals surface area contributed by atoms with Crippen LogP contribution in [0.5, 0.6) is 0 Å². The Bertz CT molecular complexity index is 298. The second-order valence-electron chi connectivity index (χ2n) is 1.83. The lowest BCUT2D eigenvalue weighted by Crippen LogP contribution is -1.77. The zero-order valence-corrected chi connectivity index (χ0v) is 7.15. The van der Waals surface area contributed by atoms with Crippen molar-refractivity contribution in [1.29, 1.82) is 0 Å². The van der Waals surface area contributed by atoms with Gasteiger partial charge in [0, 0.05) is 18.0 Å². The van der Waals surface area contributed by atoms with Crippen molar-refractivity contribution in [1.82, 2.24) is 4.98 Å². The minimum atomic E-state index is 0.326. The number of halogens is 2. The number of nitrogens with zero attached hydrogens (tertiary/aromatic N) is 1. The maximum atomic E-state index is 5.66. The standard InChI is InChI=1S/C8H5Cl2N/c9-3-1-2-7-4-8(10)6-11-5-7/h4-6H,3H2. The minimum Gasteiger partial charge on any atom is -0.262 e. The molecule has 1 nitrogen and oxygen atoms in total. The zero-order chi connectivity index (χ0) is 8.10. The van der Waals surface area contributed by atoms with Gasteiger partial charge >= 0.3 is 0 Å². The van der Waals surface area contributed by atoms with Gasteiger partial charge in [-0.05, 0) is 6.07 Å². The Labute approximate surface area is 75.4 Å². The van der Waals surface area contributed by atoms with Crippen LogP contribution >= 0.6 is 23.2 Å². The van der Waals surface area contributed by atoms with Gasteiger partial charge in [-0.15, -0.1) is 11.6 Å². The second-order valence-corrected chi connectivity index (χ2v) is 2.53. The third-order valence-electron chi connectivity index (χ3n) is 1.00. The van der Waals surface area contributed by atoms with Crippen molar-refractivity contribution in [3.05, 3.63) is 29.0 Å². The van der Waals surface area contributed by atoms with Crippen molar-refractivity contribution in [3.63, 3.8) is 0 Å². The Morgan fingerprint density at radius 1 is 1.45 bits per heavy atom. The predicted octanol–water partition coefficient (Wildman–Crippen LogP) is 2.33. The summed E-state index contributed by atoms with van der Waals surface area (Å²) >= 11 is 11.0. The molecule has 0 bridgehead atoms. The molecule has 0 radical (unpaired) electrons. The SMILES string of the molecule is ClCC#Cc1cncc(Cl)c1. The van der Waals surface area contributed by atoms with Crippen LogP contribution in [0, 0.1) is 11.8 Å². The first kappa shape index (κ1) is 8.39. The first-order valence-corrected chi connectivity index (χ1v) is 3.89. The highest BCUT2D eigenvalue weighted by Gasteiger charge is 1.88. The Balaban J connectivity index is 2.87. The summed E-state index contributed by atoms with van der Waals surface area (Å²) in [4.78, 5) is 3.86. The van der Waals surface area contributed by atoms with E-state index >= 15 is 0 Å². The van der Waals surface area contributed by atoms with E-state index in [9.17, 15) is 0 Å². The predicted molar refractivity (Wildman–Crippen MR) is 46.8 cm³/mol. The van der Waals surface area contributed by atoms with Gasteiger partial charge in [-0.3, -0.25) is 4.98 Å². The Kier molecular flexibility index (Phi) is 3.22. The molecule has 1 rings (SSSR count). The monoisotopic (exact) mass is 185 g/mol. The molecule has 0 N–H and O–H groups in total. The highest BCUT2D eigenvalue weighted by Crippen LogP contribution is 2.06. The lowest BCUT2D eigenvalue weighted by molar-refractivity contribution is 1.31. The van der Waals surface area contributed by atoms with Gasteiger partial charge in [0.2, 0.25) is 0 Å².